The van der Waals surface area contributed by atoms with Gasteiger partial charge in [0.1, 0.15) is 16.4 Å². The Morgan fingerprint density at radius 3 is 2.22 bits per heavy atom. The average molecular weight is 400 g/mol. The molecule has 0 unspecified atom stereocenters. The van der Waals surface area contributed by atoms with Crippen molar-refractivity contribution in [3.63, 3.8) is 0 Å². The fourth-order valence-corrected chi connectivity index (χ4v) is 3.36. The summed E-state index contributed by atoms with van der Waals surface area (Å²) < 4.78 is 37.6. The number of hydrogen-bond acceptors (Lipinski definition) is 4. The minimum absolute atomic E-state index is 0. The smallest absolute Gasteiger partial charge is 0.872 e. The first-order valence-corrected chi connectivity index (χ1v) is 10.4. The van der Waals surface area contributed by atoms with E-state index in [2.05, 4.69) is 6.92 Å². The maximum absolute atomic E-state index is 11.4. The van der Waals surface area contributed by atoms with Crippen LogP contribution in [0.2, 0.25) is 0 Å². The Kier molecular flexibility index (Phi) is 10.4. The molecule has 2 aromatic rings. The van der Waals surface area contributed by atoms with Crippen LogP contribution in [0.3, 0.4) is 0 Å². The van der Waals surface area contributed by atoms with E-state index >= 15 is 0 Å². The number of rotatable bonds is 10. The third kappa shape index (κ3) is 8.23. The predicted octanol–water partition coefficient (Wildman–Crippen LogP) is 1.71. The maximum atomic E-state index is 11.4. The van der Waals surface area contributed by atoms with Crippen molar-refractivity contribution in [2.24, 2.45) is 0 Å². The molecule has 0 radical (unpaired) electrons. The zero-order valence-electron chi connectivity index (χ0n) is 16.0. The van der Waals surface area contributed by atoms with Crippen molar-refractivity contribution >= 4 is 10.1 Å². The van der Waals surface area contributed by atoms with Crippen LogP contribution in [0.4, 0.5) is 0 Å². The molecule has 0 aliphatic rings. The third-order valence-corrected chi connectivity index (χ3v) is 5.04. The topological polar surface area (TPSA) is 86.7 Å². The van der Waals surface area contributed by atoms with Crippen molar-refractivity contribution in [3.8, 4) is 17.2 Å². The van der Waals surface area contributed by atoms with Gasteiger partial charge in [0.05, 0.1) is 0 Å². The van der Waals surface area contributed by atoms with E-state index in [-0.39, 0.29) is 35.3 Å². The predicted molar refractivity (Wildman–Crippen MR) is 99.3 cm³/mol. The molecule has 0 spiro atoms. The molecule has 1 N–H and O–H groups in total. The second-order valence-corrected chi connectivity index (χ2v) is 7.74. The number of hydrogen-bond donors (Lipinski definition) is 1. The van der Waals surface area contributed by atoms with Crippen molar-refractivity contribution in [3.05, 3.63) is 48.0 Å². The molecular weight excluding hydrogens is 375 g/mol. The van der Waals surface area contributed by atoms with Crippen molar-refractivity contribution in [2.45, 2.75) is 56.8 Å². The molecule has 2 aromatic carbocycles. The summed E-state index contributed by atoms with van der Waals surface area (Å²) in [7, 11) is -4.53. The Morgan fingerprint density at radius 2 is 1.59 bits per heavy atom. The van der Waals surface area contributed by atoms with Crippen molar-refractivity contribution < 1.29 is 52.4 Å². The number of aryl methyl sites for hydroxylation is 1. The molecule has 0 atom stereocenters. The van der Waals surface area contributed by atoms with Crippen LogP contribution in [0.1, 0.15) is 51.0 Å². The van der Waals surface area contributed by atoms with E-state index in [4.69, 9.17) is 4.74 Å². The molecule has 142 valence electrons. The molecule has 0 aromatic heterocycles. The van der Waals surface area contributed by atoms with Gasteiger partial charge in [-0.1, -0.05) is 57.2 Å². The molecule has 5 nitrogen and oxygen atoms in total. The zero-order chi connectivity index (χ0) is 19.0. The van der Waals surface area contributed by atoms with Gasteiger partial charge in [0, 0.05) is 0 Å². The van der Waals surface area contributed by atoms with Crippen LogP contribution in [0.5, 0.6) is 17.2 Å². The third-order valence-electron chi connectivity index (χ3n) is 4.16. The van der Waals surface area contributed by atoms with E-state index in [1.54, 1.807) is 12.1 Å². The minimum Gasteiger partial charge on any atom is -0.872 e. The summed E-state index contributed by atoms with van der Waals surface area (Å²) >= 11 is 0. The molecule has 2 rings (SSSR count). The standard InChI is InChI=1S/C20H26O5S.Na/c1-2-3-4-5-6-7-8-16-9-12-18(13-10-16)25-19-14-11-17(21)15-20(19)26(22,23)24;/h9-15,21H,2-8H2,1H3,(H,22,23,24);/q;+1/p-1. The SMILES string of the molecule is CCCCCCCCc1ccc(Oc2ccc([O-])cc2S(=O)(=O)O)cc1.[Na+]. The normalized spacial score (nSPS) is 11.0. The Morgan fingerprint density at radius 1 is 0.963 bits per heavy atom. The fourth-order valence-electron chi connectivity index (χ4n) is 2.73. The van der Waals surface area contributed by atoms with Crippen LogP contribution in [0.25, 0.3) is 0 Å². The molecule has 0 aliphatic carbocycles. The first kappa shape index (κ1) is 24.0. The quantitative estimate of drug-likeness (QED) is 0.373. The van der Waals surface area contributed by atoms with Crippen molar-refractivity contribution in [2.75, 3.05) is 0 Å². The first-order chi connectivity index (χ1) is 12.4. The summed E-state index contributed by atoms with van der Waals surface area (Å²) in [5, 5.41) is 11.3. The van der Waals surface area contributed by atoms with Gasteiger partial charge < -0.3 is 9.84 Å². The van der Waals surface area contributed by atoms with E-state index in [0.717, 1.165) is 18.9 Å². The molecule has 0 bridgehead atoms. The van der Waals surface area contributed by atoms with E-state index in [1.807, 2.05) is 12.1 Å². The van der Waals surface area contributed by atoms with Crippen molar-refractivity contribution in [1.29, 1.82) is 0 Å². The van der Waals surface area contributed by atoms with E-state index in [1.165, 1.54) is 49.8 Å². The van der Waals surface area contributed by atoms with Gasteiger partial charge in [0.2, 0.25) is 0 Å². The van der Waals surface area contributed by atoms with Gasteiger partial charge in [-0.15, -0.1) is 5.75 Å². The van der Waals surface area contributed by atoms with Gasteiger partial charge in [-0.05, 0) is 42.7 Å². The van der Waals surface area contributed by atoms with Crippen LogP contribution < -0.4 is 39.4 Å². The van der Waals surface area contributed by atoms with Crippen LogP contribution in [-0.4, -0.2) is 13.0 Å². The Bertz CT molecular complexity index is 804. The number of ether oxygens (including phenoxy) is 1. The van der Waals surface area contributed by atoms with Gasteiger partial charge in [-0.2, -0.15) is 8.42 Å². The van der Waals surface area contributed by atoms with Crippen molar-refractivity contribution in [1.82, 2.24) is 0 Å². The monoisotopic (exact) mass is 400 g/mol. The second kappa shape index (κ2) is 11.7. The summed E-state index contributed by atoms with van der Waals surface area (Å²) in [5.41, 5.74) is 1.19. The minimum atomic E-state index is -4.53. The van der Waals surface area contributed by atoms with E-state index in [0.29, 0.717) is 5.75 Å². The maximum Gasteiger partial charge on any atom is 1.00 e. The molecule has 0 heterocycles. The Balaban J connectivity index is 0.00000364. The van der Waals surface area contributed by atoms with Gasteiger partial charge in [0.25, 0.3) is 10.1 Å². The molecule has 0 amide bonds. The molecule has 0 saturated heterocycles. The van der Waals surface area contributed by atoms with Crippen LogP contribution >= 0.6 is 0 Å². The van der Waals surface area contributed by atoms with Gasteiger partial charge in [-0.3, -0.25) is 4.55 Å². The molecule has 0 saturated carbocycles. The fraction of sp³-hybridized carbons (Fsp3) is 0.400. The summed E-state index contributed by atoms with van der Waals surface area (Å²) in [6.07, 6.45) is 8.46. The summed E-state index contributed by atoms with van der Waals surface area (Å²) in [5.74, 6) is -0.143. The molecule has 7 heteroatoms. The first-order valence-electron chi connectivity index (χ1n) is 8.95. The van der Waals surface area contributed by atoms with Crippen LogP contribution in [-0.2, 0) is 16.5 Å². The Labute approximate surface area is 183 Å². The molecular formula is C20H25NaO5S. The largest absolute Gasteiger partial charge is 1.00 e. The van der Waals surface area contributed by atoms with Crippen LogP contribution in [0.15, 0.2) is 47.4 Å². The zero-order valence-corrected chi connectivity index (χ0v) is 18.8. The molecule has 27 heavy (non-hydrogen) atoms. The summed E-state index contributed by atoms with van der Waals surface area (Å²) in [6.45, 7) is 2.21. The second-order valence-electron chi connectivity index (χ2n) is 6.35. The van der Waals surface area contributed by atoms with E-state index in [9.17, 15) is 18.1 Å². The van der Waals surface area contributed by atoms with Gasteiger partial charge >= 0.3 is 29.6 Å². The number of unbranched alkanes of at least 4 members (excludes halogenated alkanes) is 5. The Hall–Kier alpha value is -1.05. The molecule has 0 aliphatic heterocycles. The van der Waals surface area contributed by atoms with E-state index < -0.39 is 20.8 Å². The summed E-state index contributed by atoms with van der Waals surface area (Å²) in [4.78, 5) is -0.527. The average Bonchev–Trinajstić information content (AvgIpc) is 2.60. The van der Waals surface area contributed by atoms with Gasteiger partial charge in [0.15, 0.2) is 0 Å². The summed E-state index contributed by atoms with van der Waals surface area (Å²) in [6, 6.07) is 10.7. The van der Waals surface area contributed by atoms with Crippen LogP contribution in [0, 0.1) is 0 Å². The number of benzene rings is 2. The molecule has 0 fully saturated rings. The van der Waals surface area contributed by atoms with Gasteiger partial charge in [-0.25, -0.2) is 0 Å².